The Morgan fingerprint density at radius 1 is 1.11 bits per heavy atom. The van der Waals surface area contributed by atoms with Crippen LogP contribution in [-0.2, 0) is 30.9 Å². The highest BCUT2D eigenvalue weighted by Gasteiger charge is 2.43. The Labute approximate surface area is 158 Å². The molecule has 0 bridgehead atoms. The number of benzene rings is 1. The predicted molar refractivity (Wildman–Crippen MR) is 99.9 cm³/mol. The molecule has 0 radical (unpaired) electrons. The van der Waals surface area contributed by atoms with Crippen molar-refractivity contribution < 1.29 is 26.2 Å². The molecule has 2 aromatic rings. The van der Waals surface area contributed by atoms with E-state index in [1.54, 1.807) is 6.07 Å². The zero-order valence-corrected chi connectivity index (χ0v) is 17.1. The van der Waals surface area contributed by atoms with Crippen molar-refractivity contribution in [1.29, 1.82) is 0 Å². The smallest absolute Gasteiger partial charge is 0.248 e. The molecule has 1 N–H and O–H groups in total. The molecule has 0 aliphatic heterocycles. The second kappa shape index (κ2) is 7.43. The highest BCUT2D eigenvalue weighted by molar-refractivity contribution is 7.93. The molecule has 0 fully saturated rings. The van der Waals surface area contributed by atoms with Crippen LogP contribution in [0.1, 0.15) is 32.9 Å². The van der Waals surface area contributed by atoms with Crippen molar-refractivity contribution in [1.82, 2.24) is 5.16 Å². The van der Waals surface area contributed by atoms with Gasteiger partial charge in [-0.3, -0.25) is 10.1 Å². The number of hydrogen-bond donors (Lipinski definition) is 1. The zero-order valence-electron chi connectivity index (χ0n) is 15.5. The lowest BCUT2D eigenvalue weighted by molar-refractivity contribution is -0.118. The summed E-state index contributed by atoms with van der Waals surface area (Å²) in [6, 6.07) is 6.29. The van der Waals surface area contributed by atoms with Gasteiger partial charge >= 0.3 is 0 Å². The third kappa shape index (κ3) is 4.38. The first-order valence-corrected chi connectivity index (χ1v) is 11.6. The van der Waals surface area contributed by atoms with Crippen molar-refractivity contribution >= 4 is 31.5 Å². The second-order valence-electron chi connectivity index (χ2n) is 6.64. The Bertz CT molecular complexity index is 1040. The van der Waals surface area contributed by atoms with Gasteiger partial charge in [0, 0.05) is 12.3 Å². The molecule has 0 saturated carbocycles. The summed E-state index contributed by atoms with van der Waals surface area (Å²) in [6.07, 6.45) is 2.55. The molecule has 0 spiro atoms. The largest absolute Gasteiger partial charge is 0.338 e. The highest BCUT2D eigenvalue weighted by atomic mass is 32.2. The minimum absolute atomic E-state index is 0.00572. The van der Waals surface area contributed by atoms with E-state index in [9.17, 15) is 21.6 Å². The summed E-state index contributed by atoms with van der Waals surface area (Å²) >= 11 is 0. The maximum absolute atomic E-state index is 12.9. The van der Waals surface area contributed by atoms with E-state index in [-0.39, 0.29) is 15.7 Å². The van der Waals surface area contributed by atoms with Crippen molar-refractivity contribution in [2.75, 3.05) is 11.6 Å². The average molecular weight is 415 g/mol. The summed E-state index contributed by atoms with van der Waals surface area (Å²) in [5.41, 5.74) is 0.657. The Hall–Kier alpha value is -2.20. The normalized spacial score (nSPS) is 12.7. The fourth-order valence-corrected chi connectivity index (χ4v) is 4.30. The number of anilines is 1. The Balaban J connectivity index is 2.27. The molecule has 10 heteroatoms. The number of amides is 1. The summed E-state index contributed by atoms with van der Waals surface area (Å²) < 4.78 is 52.0. The minimum atomic E-state index is -4.09. The van der Waals surface area contributed by atoms with E-state index in [0.29, 0.717) is 12.1 Å². The molecule has 1 aromatic carbocycles. The topological polar surface area (TPSA) is 123 Å². The van der Waals surface area contributed by atoms with Crippen LogP contribution in [0.4, 0.5) is 5.88 Å². The van der Waals surface area contributed by atoms with Gasteiger partial charge in [-0.25, -0.2) is 16.8 Å². The van der Waals surface area contributed by atoms with Gasteiger partial charge in [-0.2, -0.15) is 0 Å². The van der Waals surface area contributed by atoms with Crippen LogP contribution in [0.3, 0.4) is 0 Å². The van der Waals surface area contributed by atoms with Crippen LogP contribution in [0.25, 0.3) is 0 Å². The fourth-order valence-electron chi connectivity index (χ4n) is 2.29. The molecular formula is C17H22N2O6S2. The number of aromatic nitrogens is 1. The van der Waals surface area contributed by atoms with Gasteiger partial charge < -0.3 is 4.52 Å². The second-order valence-corrected chi connectivity index (χ2v) is 11.2. The van der Waals surface area contributed by atoms with Gasteiger partial charge in [0.05, 0.1) is 15.5 Å². The standard InChI is InChI=1S/C17H22N2O6S2/c1-5-6-12-11-15(25-19-12)18-16(20)17(2,3)27(23,24)14-9-7-13(8-10-14)26(4,21)22/h7-11H,5-6H2,1-4H3,(H,18,20). The monoisotopic (exact) mass is 414 g/mol. The van der Waals surface area contributed by atoms with Crippen molar-refractivity contribution in [2.45, 2.75) is 48.2 Å². The number of nitrogens with one attached hydrogen (secondary N) is 1. The van der Waals surface area contributed by atoms with Crippen LogP contribution in [0.5, 0.6) is 0 Å². The van der Waals surface area contributed by atoms with E-state index in [0.717, 1.165) is 12.7 Å². The van der Waals surface area contributed by atoms with Crippen LogP contribution in [0, 0.1) is 0 Å². The lowest BCUT2D eigenvalue weighted by Gasteiger charge is -2.23. The molecule has 148 valence electrons. The molecule has 1 amide bonds. The maximum atomic E-state index is 12.9. The van der Waals surface area contributed by atoms with E-state index < -0.39 is 30.3 Å². The number of carbonyl (C=O) groups excluding carboxylic acids is 1. The van der Waals surface area contributed by atoms with E-state index in [1.807, 2.05) is 6.92 Å². The Kier molecular flexibility index (Phi) is 5.81. The molecule has 0 aliphatic carbocycles. The van der Waals surface area contributed by atoms with Gasteiger partial charge in [-0.15, -0.1) is 0 Å². The summed E-state index contributed by atoms with van der Waals surface area (Å²) in [7, 11) is -7.55. The van der Waals surface area contributed by atoms with Gasteiger partial charge in [-0.05, 0) is 44.5 Å². The number of rotatable bonds is 7. The molecular weight excluding hydrogens is 392 g/mol. The first-order chi connectivity index (χ1) is 12.4. The summed E-state index contributed by atoms with van der Waals surface area (Å²) in [5.74, 6) is -0.715. The molecule has 8 nitrogen and oxygen atoms in total. The Morgan fingerprint density at radius 3 is 2.19 bits per heavy atom. The third-order valence-corrected chi connectivity index (χ3v) is 7.63. The quantitative estimate of drug-likeness (QED) is 0.737. The zero-order chi connectivity index (χ0) is 20.5. The summed E-state index contributed by atoms with van der Waals surface area (Å²) in [6.45, 7) is 4.51. The highest BCUT2D eigenvalue weighted by Crippen LogP contribution is 2.28. The molecule has 0 unspecified atom stereocenters. The van der Waals surface area contributed by atoms with Gasteiger partial charge in [0.15, 0.2) is 19.7 Å². The summed E-state index contributed by atoms with van der Waals surface area (Å²) in [4.78, 5) is 12.4. The molecule has 27 heavy (non-hydrogen) atoms. The third-order valence-electron chi connectivity index (χ3n) is 4.08. The predicted octanol–water partition coefficient (Wildman–Crippen LogP) is 2.22. The van der Waals surface area contributed by atoms with Gasteiger partial charge in [0.1, 0.15) is 4.75 Å². The minimum Gasteiger partial charge on any atom is -0.338 e. The van der Waals surface area contributed by atoms with Crippen LogP contribution >= 0.6 is 0 Å². The SMILES string of the molecule is CCCc1cc(NC(=O)C(C)(C)S(=O)(=O)c2ccc(S(C)(=O)=O)cc2)on1. The van der Waals surface area contributed by atoms with Crippen LogP contribution in [-0.4, -0.2) is 38.9 Å². The first-order valence-electron chi connectivity index (χ1n) is 8.21. The van der Waals surface area contributed by atoms with Crippen molar-refractivity contribution in [3.8, 4) is 0 Å². The van der Waals surface area contributed by atoms with E-state index in [4.69, 9.17) is 4.52 Å². The number of sulfone groups is 2. The van der Waals surface area contributed by atoms with Crippen LogP contribution in [0.15, 0.2) is 44.6 Å². The van der Waals surface area contributed by atoms with Gasteiger partial charge in [0.2, 0.25) is 11.8 Å². The molecule has 1 heterocycles. The van der Waals surface area contributed by atoms with Gasteiger partial charge in [-0.1, -0.05) is 18.5 Å². The van der Waals surface area contributed by atoms with E-state index in [1.165, 1.54) is 38.1 Å². The van der Waals surface area contributed by atoms with Crippen molar-refractivity contribution in [3.63, 3.8) is 0 Å². The lowest BCUT2D eigenvalue weighted by atomic mass is 10.2. The van der Waals surface area contributed by atoms with Crippen molar-refractivity contribution in [2.24, 2.45) is 0 Å². The fraction of sp³-hybridized carbons (Fsp3) is 0.412. The summed E-state index contributed by atoms with van der Waals surface area (Å²) in [5, 5.41) is 6.23. The molecule has 0 aliphatic rings. The molecule has 2 rings (SSSR count). The van der Waals surface area contributed by atoms with Crippen LogP contribution < -0.4 is 5.32 Å². The van der Waals surface area contributed by atoms with Crippen LogP contribution in [0.2, 0.25) is 0 Å². The van der Waals surface area contributed by atoms with Crippen molar-refractivity contribution in [3.05, 3.63) is 36.0 Å². The number of aryl methyl sites for hydroxylation is 1. The van der Waals surface area contributed by atoms with E-state index >= 15 is 0 Å². The molecule has 0 atom stereocenters. The molecule has 1 aromatic heterocycles. The lowest BCUT2D eigenvalue weighted by Crippen LogP contribution is -2.44. The number of carbonyl (C=O) groups is 1. The van der Waals surface area contributed by atoms with Gasteiger partial charge in [0.25, 0.3) is 0 Å². The first kappa shape index (κ1) is 21.1. The maximum Gasteiger partial charge on any atom is 0.248 e. The van der Waals surface area contributed by atoms with E-state index in [2.05, 4.69) is 10.5 Å². The number of nitrogens with zero attached hydrogens (tertiary/aromatic N) is 1. The number of hydrogen-bond acceptors (Lipinski definition) is 7. The average Bonchev–Trinajstić information content (AvgIpc) is 3.01. The molecule has 0 saturated heterocycles. The Morgan fingerprint density at radius 2 is 1.67 bits per heavy atom.